The van der Waals surface area contributed by atoms with Gasteiger partial charge < -0.3 is 10.3 Å². The summed E-state index contributed by atoms with van der Waals surface area (Å²) >= 11 is 0. The number of hydrogen-bond acceptors (Lipinski definition) is 1. The molecule has 1 aromatic heterocycles. The Morgan fingerprint density at radius 1 is 1.32 bits per heavy atom. The first-order valence-corrected chi connectivity index (χ1v) is 7.15. The van der Waals surface area contributed by atoms with Crippen LogP contribution in [0.2, 0.25) is 0 Å². The van der Waals surface area contributed by atoms with Gasteiger partial charge in [0.05, 0.1) is 5.52 Å². The van der Waals surface area contributed by atoms with Crippen LogP contribution in [0.25, 0.3) is 10.9 Å². The number of fused-ring (bicyclic) bond motifs is 1. The molecule has 2 unspecified atom stereocenters. The van der Waals surface area contributed by atoms with E-state index in [4.69, 9.17) is 5.73 Å². The Hall–Kier alpha value is -1.35. The van der Waals surface area contributed by atoms with Crippen molar-refractivity contribution in [3.05, 3.63) is 35.8 Å². The largest absolute Gasteiger partial charge is 0.348 e. The van der Waals surface area contributed by atoms with E-state index in [2.05, 4.69) is 6.20 Å². The summed E-state index contributed by atoms with van der Waals surface area (Å²) in [6, 6.07) is 5.64. The Labute approximate surface area is 113 Å². The fraction of sp³-hybridized carbons (Fsp3) is 0.500. The van der Waals surface area contributed by atoms with Crippen molar-refractivity contribution in [2.75, 3.05) is 0 Å². The van der Waals surface area contributed by atoms with Crippen LogP contribution >= 0.6 is 0 Å². The van der Waals surface area contributed by atoms with Gasteiger partial charge in [-0.1, -0.05) is 25.0 Å². The third-order valence-electron chi connectivity index (χ3n) is 4.48. The molecule has 1 saturated carbocycles. The van der Waals surface area contributed by atoms with E-state index in [1.165, 1.54) is 30.9 Å². The van der Waals surface area contributed by atoms with Crippen molar-refractivity contribution in [2.45, 2.75) is 38.1 Å². The van der Waals surface area contributed by atoms with E-state index in [0.29, 0.717) is 17.5 Å². The Balaban J connectivity index is 1.95. The first kappa shape index (κ1) is 12.7. The number of aromatic nitrogens is 1. The minimum atomic E-state index is -0.140. The normalized spacial score (nSPS) is 23.9. The van der Waals surface area contributed by atoms with Crippen LogP contribution in [-0.2, 0) is 13.5 Å². The summed E-state index contributed by atoms with van der Waals surface area (Å²) in [7, 11) is 1.91. The van der Waals surface area contributed by atoms with Gasteiger partial charge in [-0.25, -0.2) is 4.39 Å². The van der Waals surface area contributed by atoms with E-state index in [9.17, 15) is 4.39 Å². The predicted octanol–water partition coefficient (Wildman–Crippen LogP) is 3.38. The summed E-state index contributed by atoms with van der Waals surface area (Å²) in [5, 5.41) is 1.04. The predicted molar refractivity (Wildman–Crippen MR) is 76.5 cm³/mol. The molecule has 1 aliphatic rings. The van der Waals surface area contributed by atoms with Crippen LogP contribution in [0.3, 0.4) is 0 Å². The quantitative estimate of drug-likeness (QED) is 0.881. The van der Waals surface area contributed by atoms with E-state index >= 15 is 0 Å². The zero-order valence-corrected chi connectivity index (χ0v) is 11.4. The highest BCUT2D eigenvalue weighted by Crippen LogP contribution is 2.30. The molecule has 0 spiro atoms. The zero-order chi connectivity index (χ0) is 13.4. The van der Waals surface area contributed by atoms with Crippen LogP contribution in [0, 0.1) is 11.7 Å². The van der Waals surface area contributed by atoms with Gasteiger partial charge in [-0.05, 0) is 36.8 Å². The molecule has 3 rings (SSSR count). The first-order chi connectivity index (χ1) is 9.16. The molecule has 2 N–H and O–H groups in total. The van der Waals surface area contributed by atoms with Crippen LogP contribution in [0.15, 0.2) is 24.4 Å². The number of aryl methyl sites for hydroxylation is 1. The minimum Gasteiger partial charge on any atom is -0.348 e. The molecule has 2 atom stereocenters. The van der Waals surface area contributed by atoms with Gasteiger partial charge in [-0.15, -0.1) is 0 Å². The molecule has 3 heteroatoms. The molecule has 1 aliphatic carbocycles. The van der Waals surface area contributed by atoms with Gasteiger partial charge >= 0.3 is 0 Å². The molecular formula is C16H21FN2. The molecule has 1 heterocycles. The summed E-state index contributed by atoms with van der Waals surface area (Å²) in [5.41, 5.74) is 8.17. The second kappa shape index (κ2) is 4.97. The smallest absolute Gasteiger partial charge is 0.147 e. The van der Waals surface area contributed by atoms with Gasteiger partial charge in [0.15, 0.2) is 0 Å². The topological polar surface area (TPSA) is 30.9 Å². The molecule has 0 amide bonds. The molecule has 2 aromatic rings. The maximum Gasteiger partial charge on any atom is 0.147 e. The van der Waals surface area contributed by atoms with Gasteiger partial charge in [0.2, 0.25) is 0 Å². The van der Waals surface area contributed by atoms with Crippen LogP contribution in [0.4, 0.5) is 4.39 Å². The molecule has 1 fully saturated rings. The van der Waals surface area contributed by atoms with Crippen molar-refractivity contribution in [3.8, 4) is 0 Å². The molecule has 19 heavy (non-hydrogen) atoms. The van der Waals surface area contributed by atoms with Gasteiger partial charge in [-0.2, -0.15) is 0 Å². The van der Waals surface area contributed by atoms with E-state index in [1.54, 1.807) is 6.07 Å². The van der Waals surface area contributed by atoms with Gasteiger partial charge in [0.1, 0.15) is 5.82 Å². The molecule has 0 aliphatic heterocycles. The second-order valence-electron chi connectivity index (χ2n) is 5.81. The van der Waals surface area contributed by atoms with E-state index in [-0.39, 0.29) is 5.82 Å². The summed E-state index contributed by atoms with van der Waals surface area (Å²) < 4.78 is 15.8. The summed E-state index contributed by atoms with van der Waals surface area (Å²) in [4.78, 5) is 0. The van der Waals surface area contributed by atoms with Gasteiger partial charge in [-0.3, -0.25) is 0 Å². The average Bonchev–Trinajstić information content (AvgIpc) is 2.71. The van der Waals surface area contributed by atoms with Crippen LogP contribution in [-0.4, -0.2) is 10.6 Å². The Bertz CT molecular complexity index is 588. The summed E-state index contributed by atoms with van der Waals surface area (Å²) in [6.45, 7) is 0. The molecule has 0 radical (unpaired) electrons. The van der Waals surface area contributed by atoms with E-state index < -0.39 is 0 Å². The molecule has 1 aromatic carbocycles. The summed E-state index contributed by atoms with van der Waals surface area (Å²) in [6.07, 6.45) is 7.90. The second-order valence-corrected chi connectivity index (χ2v) is 5.81. The standard InChI is InChI=1S/C16H21FN2/c1-19-10-12(9-11-5-2-3-8-15(11)18)13-6-4-7-14(17)16(13)19/h4,6-7,10-11,15H,2-3,5,8-9,18H2,1H3. The van der Waals surface area contributed by atoms with Crippen LogP contribution in [0.5, 0.6) is 0 Å². The number of benzene rings is 1. The highest BCUT2D eigenvalue weighted by Gasteiger charge is 2.23. The maximum atomic E-state index is 13.9. The van der Waals surface area contributed by atoms with Crippen molar-refractivity contribution >= 4 is 10.9 Å². The first-order valence-electron chi connectivity index (χ1n) is 7.15. The van der Waals surface area contributed by atoms with Crippen LogP contribution < -0.4 is 5.73 Å². The monoisotopic (exact) mass is 260 g/mol. The number of nitrogens with two attached hydrogens (primary N) is 1. The van der Waals surface area contributed by atoms with E-state index in [1.807, 2.05) is 17.7 Å². The zero-order valence-electron chi connectivity index (χ0n) is 11.4. The Morgan fingerprint density at radius 3 is 2.89 bits per heavy atom. The fourth-order valence-electron chi connectivity index (χ4n) is 3.44. The lowest BCUT2D eigenvalue weighted by Crippen LogP contribution is -2.34. The molecule has 102 valence electrons. The lowest BCUT2D eigenvalue weighted by atomic mass is 9.81. The van der Waals surface area contributed by atoms with E-state index in [0.717, 1.165) is 18.2 Å². The fourth-order valence-corrected chi connectivity index (χ4v) is 3.44. The number of nitrogens with zero attached hydrogens (tertiary/aromatic N) is 1. The summed E-state index contributed by atoms with van der Waals surface area (Å²) in [5.74, 6) is 0.404. The highest BCUT2D eigenvalue weighted by molar-refractivity contribution is 5.84. The Morgan fingerprint density at radius 2 is 2.11 bits per heavy atom. The maximum absolute atomic E-state index is 13.9. The molecule has 0 saturated heterocycles. The average molecular weight is 260 g/mol. The molecule has 0 bridgehead atoms. The number of hydrogen-bond donors (Lipinski definition) is 1. The number of rotatable bonds is 2. The Kier molecular flexibility index (Phi) is 3.31. The lowest BCUT2D eigenvalue weighted by Gasteiger charge is -2.28. The van der Waals surface area contributed by atoms with Gasteiger partial charge in [0, 0.05) is 24.7 Å². The number of para-hydroxylation sites is 1. The lowest BCUT2D eigenvalue weighted by molar-refractivity contribution is 0.307. The minimum absolute atomic E-state index is 0.140. The van der Waals surface area contributed by atoms with Crippen molar-refractivity contribution in [1.29, 1.82) is 0 Å². The van der Waals surface area contributed by atoms with Crippen molar-refractivity contribution in [3.63, 3.8) is 0 Å². The molecule has 2 nitrogen and oxygen atoms in total. The number of halogens is 1. The third-order valence-corrected chi connectivity index (χ3v) is 4.48. The third kappa shape index (κ3) is 2.27. The van der Waals surface area contributed by atoms with Gasteiger partial charge in [0.25, 0.3) is 0 Å². The van der Waals surface area contributed by atoms with Crippen molar-refractivity contribution in [1.82, 2.24) is 4.57 Å². The van der Waals surface area contributed by atoms with Crippen LogP contribution in [0.1, 0.15) is 31.2 Å². The SMILES string of the molecule is Cn1cc(CC2CCCCC2N)c2cccc(F)c21. The van der Waals surface area contributed by atoms with Crippen molar-refractivity contribution < 1.29 is 4.39 Å². The van der Waals surface area contributed by atoms with Crippen molar-refractivity contribution in [2.24, 2.45) is 18.7 Å². The molecular weight excluding hydrogens is 239 g/mol. The highest BCUT2D eigenvalue weighted by atomic mass is 19.1.